The Kier molecular flexibility index (Phi) is 7.43. The Hall–Kier alpha value is -3.16. The molecule has 0 aliphatic heterocycles. The van der Waals surface area contributed by atoms with Crippen molar-refractivity contribution in [2.24, 2.45) is 11.3 Å². The van der Waals surface area contributed by atoms with Gasteiger partial charge in [0.1, 0.15) is 11.3 Å². The van der Waals surface area contributed by atoms with Gasteiger partial charge in [0, 0.05) is 17.3 Å². The molecule has 0 saturated carbocycles. The van der Waals surface area contributed by atoms with E-state index in [4.69, 9.17) is 19.2 Å². The number of fused-ring (bicyclic) bond motifs is 2. The number of pyridine rings is 1. The lowest BCUT2D eigenvalue weighted by molar-refractivity contribution is -0.134. The second-order valence-corrected chi connectivity index (χ2v) is 10.9. The van der Waals surface area contributed by atoms with Crippen LogP contribution in [0.25, 0.3) is 17.1 Å². The molecule has 0 saturated heterocycles. The number of rotatable bonds is 4. The summed E-state index contributed by atoms with van der Waals surface area (Å²) in [5.41, 5.74) is 2.48. The highest BCUT2D eigenvalue weighted by Crippen LogP contribution is 2.39. The Morgan fingerprint density at radius 3 is 2.43 bits per heavy atom. The molecule has 0 fully saturated rings. The number of esters is 2. The van der Waals surface area contributed by atoms with E-state index in [9.17, 15) is 14.4 Å². The molecular formula is C27H36N2O6. The van der Waals surface area contributed by atoms with E-state index >= 15 is 0 Å². The highest BCUT2D eigenvalue weighted by atomic mass is 16.6. The molecule has 1 unspecified atom stereocenters. The molecular weight excluding hydrogens is 448 g/mol. The van der Waals surface area contributed by atoms with E-state index in [0.717, 1.165) is 30.5 Å². The van der Waals surface area contributed by atoms with Gasteiger partial charge in [-0.1, -0.05) is 20.8 Å². The van der Waals surface area contributed by atoms with Crippen LogP contribution in [0, 0.1) is 11.3 Å². The molecule has 8 heteroatoms. The van der Waals surface area contributed by atoms with Crippen molar-refractivity contribution in [1.82, 2.24) is 9.55 Å². The van der Waals surface area contributed by atoms with E-state index in [-0.39, 0.29) is 17.7 Å². The molecule has 2 aromatic rings. The summed E-state index contributed by atoms with van der Waals surface area (Å²) < 4.78 is 16.9. The average Bonchev–Trinajstić information content (AvgIpc) is 3.07. The average molecular weight is 485 g/mol. The quantitative estimate of drug-likeness (QED) is 0.328. The van der Waals surface area contributed by atoms with Gasteiger partial charge < -0.3 is 14.2 Å². The van der Waals surface area contributed by atoms with E-state index < -0.39 is 23.6 Å². The van der Waals surface area contributed by atoms with Crippen molar-refractivity contribution < 1.29 is 28.6 Å². The molecule has 3 rings (SSSR count). The third-order valence-corrected chi connectivity index (χ3v) is 6.20. The van der Waals surface area contributed by atoms with E-state index in [0.29, 0.717) is 22.5 Å². The van der Waals surface area contributed by atoms with Crippen LogP contribution in [0.15, 0.2) is 12.1 Å². The summed E-state index contributed by atoms with van der Waals surface area (Å²) in [5, 5.41) is 0. The second kappa shape index (κ2) is 9.84. The molecule has 0 amide bonds. The monoisotopic (exact) mass is 484 g/mol. The second-order valence-electron chi connectivity index (χ2n) is 10.9. The number of hydrogen-bond donors (Lipinski definition) is 0. The van der Waals surface area contributed by atoms with Crippen LogP contribution in [0.1, 0.15) is 82.2 Å². The highest BCUT2D eigenvalue weighted by Gasteiger charge is 2.34. The van der Waals surface area contributed by atoms with Gasteiger partial charge >= 0.3 is 18.0 Å². The molecule has 2 heterocycles. The van der Waals surface area contributed by atoms with Crippen molar-refractivity contribution in [1.29, 1.82) is 0 Å². The summed E-state index contributed by atoms with van der Waals surface area (Å²) in [4.78, 5) is 43.3. The van der Waals surface area contributed by atoms with E-state index in [1.165, 1.54) is 23.8 Å². The topological polar surface area (TPSA) is 96.7 Å². The first kappa shape index (κ1) is 26.4. The first-order valence-corrected chi connectivity index (χ1v) is 12.0. The lowest BCUT2D eigenvalue weighted by Crippen LogP contribution is -2.29. The minimum atomic E-state index is -0.791. The summed E-state index contributed by atoms with van der Waals surface area (Å²) in [7, 11) is 1.27. The van der Waals surface area contributed by atoms with E-state index in [1.54, 1.807) is 27.7 Å². The molecule has 8 nitrogen and oxygen atoms in total. The molecule has 0 aromatic carbocycles. The Balaban J connectivity index is 2.33. The van der Waals surface area contributed by atoms with Gasteiger partial charge in [-0.15, -0.1) is 0 Å². The lowest BCUT2D eigenvalue weighted by atomic mass is 9.71. The third-order valence-electron chi connectivity index (χ3n) is 6.20. The van der Waals surface area contributed by atoms with Gasteiger partial charge in [-0.05, 0) is 76.0 Å². The Morgan fingerprint density at radius 2 is 1.86 bits per heavy atom. The molecule has 0 N–H and O–H groups in total. The fraction of sp³-hybridized carbons (Fsp3) is 0.556. The number of aryl methyl sites for hydroxylation is 1. The normalized spacial score (nSPS) is 16.3. The first-order chi connectivity index (χ1) is 16.3. The summed E-state index contributed by atoms with van der Waals surface area (Å²) in [6.45, 7) is 13.8. The predicted octanol–water partition coefficient (Wildman–Crippen LogP) is 5.33. The molecule has 35 heavy (non-hydrogen) atoms. The number of carbonyl (C=O) groups excluding carboxylic acids is 3. The SMILES string of the molecule is CCOC(=O)c1c(C=CC(=O)OC)c2nc3c(cc2n1C(=O)OC(C)(C)C)CC(C(C)(C)C)CC3. The van der Waals surface area contributed by atoms with Crippen molar-refractivity contribution >= 4 is 35.1 Å². The van der Waals surface area contributed by atoms with Crippen LogP contribution in [0.4, 0.5) is 4.79 Å². The Labute approximate surface area is 206 Å². The third kappa shape index (κ3) is 5.74. The van der Waals surface area contributed by atoms with Gasteiger partial charge in [-0.3, -0.25) is 4.98 Å². The molecule has 190 valence electrons. The van der Waals surface area contributed by atoms with Crippen LogP contribution < -0.4 is 0 Å². The fourth-order valence-corrected chi connectivity index (χ4v) is 4.39. The van der Waals surface area contributed by atoms with Crippen molar-refractivity contribution in [2.45, 2.75) is 73.3 Å². The molecule has 1 aliphatic carbocycles. The summed E-state index contributed by atoms with van der Waals surface area (Å²) in [6.07, 6.45) is 4.55. The molecule has 0 radical (unpaired) electrons. The Morgan fingerprint density at radius 1 is 1.17 bits per heavy atom. The van der Waals surface area contributed by atoms with Gasteiger partial charge in [0.05, 0.1) is 24.8 Å². The van der Waals surface area contributed by atoms with Crippen LogP contribution in [0.2, 0.25) is 0 Å². The zero-order valence-electron chi connectivity index (χ0n) is 22.0. The minimum absolute atomic E-state index is 0.0292. The smallest absolute Gasteiger partial charge is 0.419 e. The van der Waals surface area contributed by atoms with Crippen LogP contribution in [-0.2, 0) is 31.8 Å². The fourth-order valence-electron chi connectivity index (χ4n) is 4.39. The van der Waals surface area contributed by atoms with Crippen molar-refractivity contribution in [3.63, 3.8) is 0 Å². The van der Waals surface area contributed by atoms with E-state index in [1.807, 2.05) is 6.07 Å². The van der Waals surface area contributed by atoms with Crippen molar-refractivity contribution in [3.8, 4) is 0 Å². The molecule has 1 aliphatic rings. The maximum atomic E-state index is 13.4. The number of hydrogen-bond acceptors (Lipinski definition) is 7. The molecule has 0 bridgehead atoms. The summed E-state index contributed by atoms with van der Waals surface area (Å²) >= 11 is 0. The van der Waals surface area contributed by atoms with E-state index in [2.05, 4.69) is 20.8 Å². The molecule has 2 aromatic heterocycles. The highest BCUT2D eigenvalue weighted by molar-refractivity contribution is 6.07. The summed E-state index contributed by atoms with van der Waals surface area (Å²) in [6, 6.07) is 1.93. The van der Waals surface area contributed by atoms with Crippen molar-refractivity contribution in [2.75, 3.05) is 13.7 Å². The first-order valence-electron chi connectivity index (χ1n) is 12.0. The Bertz CT molecular complexity index is 1180. The lowest BCUT2D eigenvalue weighted by Gasteiger charge is -2.34. The van der Waals surface area contributed by atoms with Gasteiger partial charge in [0.2, 0.25) is 0 Å². The summed E-state index contributed by atoms with van der Waals surface area (Å²) in [5.74, 6) is -0.835. The van der Waals surface area contributed by atoms with Gasteiger partial charge in [0.15, 0.2) is 0 Å². The number of aromatic nitrogens is 2. The maximum Gasteiger partial charge on any atom is 0.419 e. The number of ether oxygens (including phenoxy) is 3. The van der Waals surface area contributed by atoms with Crippen molar-refractivity contribution in [3.05, 3.63) is 34.7 Å². The maximum absolute atomic E-state index is 13.4. The number of methoxy groups -OCH3 is 1. The predicted molar refractivity (Wildman–Crippen MR) is 133 cm³/mol. The van der Waals surface area contributed by atoms with Crippen LogP contribution >= 0.6 is 0 Å². The zero-order valence-corrected chi connectivity index (χ0v) is 22.0. The van der Waals surface area contributed by atoms with Gasteiger partial charge in [0.25, 0.3) is 0 Å². The zero-order chi connectivity index (χ0) is 26.1. The largest absolute Gasteiger partial charge is 0.466 e. The minimum Gasteiger partial charge on any atom is -0.466 e. The van der Waals surface area contributed by atoms with Gasteiger partial charge in [-0.2, -0.15) is 0 Å². The molecule has 1 atom stereocenters. The van der Waals surface area contributed by atoms with Crippen LogP contribution in [-0.4, -0.2) is 46.9 Å². The molecule has 0 spiro atoms. The van der Waals surface area contributed by atoms with Crippen LogP contribution in [0.5, 0.6) is 0 Å². The number of nitrogens with zero attached hydrogens (tertiary/aromatic N) is 2. The van der Waals surface area contributed by atoms with Gasteiger partial charge in [-0.25, -0.2) is 19.0 Å². The number of carbonyl (C=O) groups is 3. The van der Waals surface area contributed by atoms with Crippen LogP contribution in [0.3, 0.4) is 0 Å². The standard InChI is InChI=1S/C27H36N2O6/c1-9-34-24(31)23-18(11-13-21(30)33-8)22-20(29(23)25(32)35-27(5,6)7)15-16-14-17(26(2,3)4)10-12-19(16)28-22/h11,13,15,17H,9-10,12,14H2,1-8H3.